The molecule has 0 aromatic heterocycles. The summed E-state index contributed by atoms with van der Waals surface area (Å²) in [5, 5.41) is 6.71. The van der Waals surface area contributed by atoms with Gasteiger partial charge < -0.3 is 15.5 Å². The van der Waals surface area contributed by atoms with Gasteiger partial charge in [-0.2, -0.15) is 0 Å². The summed E-state index contributed by atoms with van der Waals surface area (Å²) >= 11 is 0. The Kier molecular flexibility index (Phi) is 8.99. The average molecular weight is 326 g/mol. The number of rotatable bonds is 8. The molecule has 0 aromatic carbocycles. The molecule has 6 nitrogen and oxygen atoms in total. The lowest BCUT2D eigenvalue weighted by molar-refractivity contribution is -0.127. The first-order valence-corrected chi connectivity index (χ1v) is 8.90. The number of hydrogen-bond acceptors (Lipinski definition) is 3. The fraction of sp³-hybridized carbons (Fsp3) is 0.882. The number of hydrogen-bond donors (Lipinski definition) is 2. The Morgan fingerprint density at radius 1 is 1.35 bits per heavy atom. The minimum absolute atomic E-state index is 0.0184. The van der Waals surface area contributed by atoms with E-state index in [2.05, 4.69) is 41.3 Å². The van der Waals surface area contributed by atoms with Crippen molar-refractivity contribution in [3.63, 3.8) is 0 Å². The number of guanidine groups is 1. The second kappa shape index (κ2) is 10.5. The SMILES string of the molecule is CCCNC(=NCC(=O)N(C)C)NC[C@H]1CCCN1CC(C)C. The second-order valence-electron chi connectivity index (χ2n) is 6.95. The van der Waals surface area contributed by atoms with Crippen molar-refractivity contribution in [3.05, 3.63) is 0 Å². The van der Waals surface area contributed by atoms with Crippen molar-refractivity contribution in [2.45, 2.75) is 46.1 Å². The van der Waals surface area contributed by atoms with Crippen molar-refractivity contribution in [2.75, 3.05) is 46.8 Å². The van der Waals surface area contributed by atoms with E-state index in [1.165, 1.54) is 19.4 Å². The maximum atomic E-state index is 11.7. The van der Waals surface area contributed by atoms with E-state index in [1.807, 2.05) is 0 Å². The van der Waals surface area contributed by atoms with Gasteiger partial charge in [0.1, 0.15) is 6.54 Å². The maximum Gasteiger partial charge on any atom is 0.243 e. The van der Waals surface area contributed by atoms with E-state index in [0.717, 1.165) is 32.0 Å². The molecule has 1 fully saturated rings. The third-order valence-corrected chi connectivity index (χ3v) is 4.02. The van der Waals surface area contributed by atoms with Gasteiger partial charge in [-0.05, 0) is 31.7 Å². The van der Waals surface area contributed by atoms with Crippen LogP contribution >= 0.6 is 0 Å². The van der Waals surface area contributed by atoms with Gasteiger partial charge in [0.15, 0.2) is 5.96 Å². The molecule has 1 heterocycles. The molecule has 1 amide bonds. The summed E-state index contributed by atoms with van der Waals surface area (Å²) in [6.45, 7) is 10.9. The van der Waals surface area contributed by atoms with Crippen LogP contribution in [0.25, 0.3) is 0 Å². The predicted octanol–water partition coefficient (Wildman–Crippen LogP) is 1.14. The second-order valence-corrected chi connectivity index (χ2v) is 6.95. The number of amides is 1. The highest BCUT2D eigenvalue weighted by molar-refractivity contribution is 5.84. The lowest BCUT2D eigenvalue weighted by Gasteiger charge is -2.27. The highest BCUT2D eigenvalue weighted by atomic mass is 16.2. The molecule has 1 saturated heterocycles. The molecular weight excluding hydrogens is 290 g/mol. The normalized spacial score (nSPS) is 19.2. The van der Waals surface area contributed by atoms with Crippen LogP contribution in [0.2, 0.25) is 0 Å². The summed E-state index contributed by atoms with van der Waals surface area (Å²) in [5.41, 5.74) is 0. The van der Waals surface area contributed by atoms with E-state index in [4.69, 9.17) is 0 Å². The van der Waals surface area contributed by atoms with Crippen LogP contribution in [0.4, 0.5) is 0 Å². The highest BCUT2D eigenvalue weighted by Crippen LogP contribution is 2.17. The first-order chi connectivity index (χ1) is 10.9. The Morgan fingerprint density at radius 2 is 2.09 bits per heavy atom. The smallest absolute Gasteiger partial charge is 0.243 e. The van der Waals surface area contributed by atoms with E-state index < -0.39 is 0 Å². The molecule has 1 aliphatic heterocycles. The molecule has 1 atom stereocenters. The third-order valence-electron chi connectivity index (χ3n) is 4.02. The number of nitrogens with one attached hydrogen (secondary N) is 2. The van der Waals surface area contributed by atoms with Crippen LogP contribution in [0.3, 0.4) is 0 Å². The topological polar surface area (TPSA) is 60.0 Å². The highest BCUT2D eigenvalue weighted by Gasteiger charge is 2.24. The monoisotopic (exact) mass is 325 g/mol. The number of likely N-dealkylation sites (N-methyl/N-ethyl adjacent to an activating group) is 1. The first-order valence-electron chi connectivity index (χ1n) is 8.90. The van der Waals surface area contributed by atoms with E-state index in [-0.39, 0.29) is 12.5 Å². The summed E-state index contributed by atoms with van der Waals surface area (Å²) in [6, 6.07) is 0.565. The minimum Gasteiger partial charge on any atom is -0.356 e. The van der Waals surface area contributed by atoms with Crippen LogP contribution < -0.4 is 10.6 Å². The van der Waals surface area contributed by atoms with Gasteiger partial charge in [0.2, 0.25) is 5.91 Å². The summed E-state index contributed by atoms with van der Waals surface area (Å²) in [4.78, 5) is 20.3. The van der Waals surface area contributed by atoms with Crippen LogP contribution in [-0.2, 0) is 4.79 Å². The van der Waals surface area contributed by atoms with Crippen LogP contribution in [-0.4, -0.2) is 74.5 Å². The molecule has 0 unspecified atom stereocenters. The predicted molar refractivity (Wildman–Crippen MR) is 96.7 cm³/mol. The van der Waals surface area contributed by atoms with E-state index in [1.54, 1.807) is 19.0 Å². The molecule has 0 aliphatic carbocycles. The standard InChI is InChI=1S/C17H35N5O/c1-6-9-18-17(20-12-16(23)21(4)5)19-11-15-8-7-10-22(15)13-14(2)3/h14-15H,6-13H2,1-5H3,(H2,18,19,20)/t15-/m1/s1. The lowest BCUT2D eigenvalue weighted by Crippen LogP contribution is -2.46. The van der Waals surface area contributed by atoms with Crippen molar-refractivity contribution < 1.29 is 4.79 Å². The Morgan fingerprint density at radius 3 is 2.70 bits per heavy atom. The average Bonchev–Trinajstić information content (AvgIpc) is 2.92. The van der Waals surface area contributed by atoms with Crippen molar-refractivity contribution in [2.24, 2.45) is 10.9 Å². The van der Waals surface area contributed by atoms with Gasteiger partial charge in [-0.1, -0.05) is 20.8 Å². The third kappa shape index (κ3) is 7.68. The Balaban J connectivity index is 2.52. The molecule has 2 N–H and O–H groups in total. The van der Waals surface area contributed by atoms with Crippen LogP contribution in [0.15, 0.2) is 4.99 Å². The molecule has 1 aliphatic rings. The van der Waals surface area contributed by atoms with Crippen molar-refractivity contribution >= 4 is 11.9 Å². The molecule has 23 heavy (non-hydrogen) atoms. The van der Waals surface area contributed by atoms with Gasteiger partial charge in [0.25, 0.3) is 0 Å². The fourth-order valence-electron chi connectivity index (χ4n) is 2.76. The molecule has 1 rings (SSSR count). The van der Waals surface area contributed by atoms with Crippen LogP contribution in [0.1, 0.15) is 40.0 Å². The first kappa shape index (κ1) is 19.7. The van der Waals surface area contributed by atoms with Crippen LogP contribution in [0, 0.1) is 5.92 Å². The zero-order valence-corrected chi connectivity index (χ0v) is 15.6. The number of nitrogens with zero attached hydrogens (tertiary/aromatic N) is 3. The lowest BCUT2D eigenvalue weighted by atomic mass is 10.1. The Hall–Kier alpha value is -1.30. The number of carbonyl (C=O) groups is 1. The molecule has 0 radical (unpaired) electrons. The van der Waals surface area contributed by atoms with Crippen molar-refractivity contribution in [3.8, 4) is 0 Å². The van der Waals surface area contributed by atoms with Gasteiger partial charge in [0.05, 0.1) is 0 Å². The van der Waals surface area contributed by atoms with Crippen molar-refractivity contribution in [1.82, 2.24) is 20.4 Å². The van der Waals surface area contributed by atoms with E-state index >= 15 is 0 Å². The van der Waals surface area contributed by atoms with Crippen molar-refractivity contribution in [1.29, 1.82) is 0 Å². The van der Waals surface area contributed by atoms with Gasteiger partial charge >= 0.3 is 0 Å². The minimum atomic E-state index is 0.0184. The van der Waals surface area contributed by atoms with Gasteiger partial charge in [-0.15, -0.1) is 0 Å². The number of carbonyl (C=O) groups excluding carboxylic acids is 1. The maximum absolute atomic E-state index is 11.7. The van der Waals surface area contributed by atoms with Gasteiger partial charge in [0, 0.05) is 39.8 Å². The Labute approximate surface area is 141 Å². The zero-order valence-electron chi connectivity index (χ0n) is 15.6. The molecule has 0 spiro atoms. The Bertz CT molecular complexity index is 381. The zero-order chi connectivity index (χ0) is 17.2. The number of likely N-dealkylation sites (tertiary alicyclic amines) is 1. The largest absolute Gasteiger partial charge is 0.356 e. The molecule has 6 heteroatoms. The molecule has 0 bridgehead atoms. The summed E-state index contributed by atoms with van der Waals surface area (Å²) in [6.07, 6.45) is 3.54. The van der Waals surface area contributed by atoms with Gasteiger partial charge in [-0.3, -0.25) is 9.69 Å². The number of aliphatic imine (C=N–C) groups is 1. The van der Waals surface area contributed by atoms with E-state index in [0.29, 0.717) is 12.0 Å². The molecule has 0 aromatic rings. The van der Waals surface area contributed by atoms with Gasteiger partial charge in [-0.25, -0.2) is 4.99 Å². The molecule has 134 valence electrons. The fourth-order valence-corrected chi connectivity index (χ4v) is 2.76. The summed E-state index contributed by atoms with van der Waals surface area (Å²) in [5.74, 6) is 1.46. The summed E-state index contributed by atoms with van der Waals surface area (Å²) < 4.78 is 0. The van der Waals surface area contributed by atoms with E-state index in [9.17, 15) is 4.79 Å². The quantitative estimate of drug-likeness (QED) is 0.519. The van der Waals surface area contributed by atoms with Crippen LogP contribution in [0.5, 0.6) is 0 Å². The molecule has 0 saturated carbocycles. The summed E-state index contributed by atoms with van der Waals surface area (Å²) in [7, 11) is 3.51. The molecular formula is C17H35N5O.